The Labute approximate surface area is 199 Å². The van der Waals surface area contributed by atoms with Crippen molar-refractivity contribution in [1.82, 2.24) is 4.57 Å². The Morgan fingerprint density at radius 3 is 2.35 bits per heavy atom. The van der Waals surface area contributed by atoms with Crippen molar-refractivity contribution in [3.8, 4) is 11.8 Å². The van der Waals surface area contributed by atoms with E-state index >= 15 is 0 Å². The quantitative estimate of drug-likeness (QED) is 0.0921. The van der Waals surface area contributed by atoms with Gasteiger partial charge in [0.2, 0.25) is 11.8 Å². The molecule has 0 amide bonds. The second-order valence-electron chi connectivity index (χ2n) is 8.88. The van der Waals surface area contributed by atoms with Gasteiger partial charge in [-0.3, -0.25) is 9.09 Å². The average Bonchev–Trinajstić information content (AvgIpc) is 3.40. The summed E-state index contributed by atoms with van der Waals surface area (Å²) in [6.07, 6.45) is 10.3. The van der Waals surface area contributed by atoms with Crippen LogP contribution in [0, 0.1) is 0 Å². The van der Waals surface area contributed by atoms with Gasteiger partial charge in [-0.15, -0.1) is 0 Å². The van der Waals surface area contributed by atoms with Gasteiger partial charge in [-0.05, 0) is 25.8 Å². The molecule has 4 N–H and O–H groups in total. The van der Waals surface area contributed by atoms with Crippen molar-refractivity contribution in [2.45, 2.75) is 76.5 Å². The smallest absolute Gasteiger partial charge is 0.469 e. The van der Waals surface area contributed by atoms with Crippen molar-refractivity contribution in [3.05, 3.63) is 35.4 Å². The summed E-state index contributed by atoms with van der Waals surface area (Å²) in [4.78, 5) is 29.1. The Hall–Kier alpha value is -2.10. The summed E-state index contributed by atoms with van der Waals surface area (Å²) in [7, 11) is -4.36. The van der Waals surface area contributed by atoms with Gasteiger partial charge in [0.05, 0.1) is 17.7 Å². The molecule has 0 radical (unpaired) electrons. The molecule has 0 saturated heterocycles. The van der Waals surface area contributed by atoms with Crippen LogP contribution in [0.2, 0.25) is 0 Å². The fraction of sp³-hybridized carbons (Fsp3) is 0.609. The molecule has 2 aliphatic rings. The number of rotatable bonds is 15. The van der Waals surface area contributed by atoms with Crippen LogP contribution in [0.15, 0.2) is 24.3 Å². The van der Waals surface area contributed by atoms with Crippen LogP contribution >= 0.6 is 7.82 Å². The van der Waals surface area contributed by atoms with Gasteiger partial charge in [-0.25, -0.2) is 9.36 Å². The van der Waals surface area contributed by atoms with Crippen molar-refractivity contribution in [2.75, 3.05) is 13.2 Å². The molecule has 0 saturated carbocycles. The summed E-state index contributed by atoms with van der Waals surface area (Å²) in [5.41, 5.74) is 0.143. The van der Waals surface area contributed by atoms with Crippen molar-refractivity contribution >= 4 is 13.8 Å². The molecule has 2 unspecified atom stereocenters. The van der Waals surface area contributed by atoms with Gasteiger partial charge in [-0.1, -0.05) is 51.2 Å². The summed E-state index contributed by atoms with van der Waals surface area (Å²) >= 11 is 0. The summed E-state index contributed by atoms with van der Waals surface area (Å²) in [5, 5.41) is 21.6. The number of carbonyl (C=O) groups is 1. The SMILES string of the molecule is C=C(C)C(=O)OCC12C=CC(O1)c1c2c(O)n(CCCCCCCCCCOP(=O)(O)O)c1O. The minimum absolute atomic E-state index is 0.0209. The normalized spacial score (nSPS) is 20.6. The molecular formula is C23H34NO9P. The van der Waals surface area contributed by atoms with Crippen LogP contribution in [0.1, 0.15) is 75.5 Å². The van der Waals surface area contributed by atoms with Crippen molar-refractivity contribution in [3.63, 3.8) is 0 Å². The molecule has 34 heavy (non-hydrogen) atoms. The number of ether oxygens (including phenoxy) is 2. The number of aromatic nitrogens is 1. The first-order valence-electron chi connectivity index (χ1n) is 11.6. The van der Waals surface area contributed by atoms with Gasteiger partial charge in [0, 0.05) is 12.1 Å². The zero-order valence-corrected chi connectivity index (χ0v) is 20.3. The van der Waals surface area contributed by atoms with E-state index in [2.05, 4.69) is 11.1 Å². The number of hydrogen-bond acceptors (Lipinski definition) is 7. The molecule has 2 atom stereocenters. The number of carbonyl (C=O) groups excluding carboxylic acids is 1. The molecule has 3 rings (SSSR count). The minimum atomic E-state index is -4.36. The van der Waals surface area contributed by atoms with Gasteiger partial charge < -0.3 is 29.5 Å². The highest BCUT2D eigenvalue weighted by molar-refractivity contribution is 7.46. The maximum Gasteiger partial charge on any atom is 0.469 e. The standard InChI is InChI=1S/C23H34NO9P/c1-16(2)22(27)31-15-23-12-11-17(33-23)18-19(23)21(26)24(20(18)25)13-9-7-5-3-4-6-8-10-14-32-34(28,29)30/h11-12,17,25-26H,1,3-10,13-15H2,2H3,(H2,28,29,30). The number of unbranched alkanes of at least 4 members (excludes halogenated alkanes) is 7. The molecular weight excluding hydrogens is 465 g/mol. The maximum atomic E-state index is 11.8. The lowest BCUT2D eigenvalue weighted by Gasteiger charge is -2.23. The number of aromatic hydroxyl groups is 2. The van der Waals surface area contributed by atoms with E-state index in [0.717, 1.165) is 44.9 Å². The lowest BCUT2D eigenvalue weighted by molar-refractivity contribution is -0.147. The first-order chi connectivity index (χ1) is 16.1. The molecule has 3 heterocycles. The molecule has 11 heteroatoms. The number of esters is 1. The van der Waals surface area contributed by atoms with Crippen molar-refractivity contribution in [2.24, 2.45) is 0 Å². The Morgan fingerprint density at radius 1 is 1.12 bits per heavy atom. The molecule has 0 fully saturated rings. The molecule has 2 bridgehead atoms. The summed E-state index contributed by atoms with van der Waals surface area (Å²) in [6.45, 7) is 5.53. The largest absolute Gasteiger partial charge is 0.494 e. The molecule has 0 aromatic carbocycles. The van der Waals surface area contributed by atoms with Crippen LogP contribution in [-0.4, -0.2) is 43.8 Å². The Morgan fingerprint density at radius 2 is 1.74 bits per heavy atom. The van der Waals surface area contributed by atoms with Gasteiger partial charge in [0.1, 0.15) is 12.7 Å². The Bertz CT molecular complexity index is 980. The van der Waals surface area contributed by atoms with Crippen LogP contribution in [-0.2, 0) is 35.5 Å². The molecule has 1 aromatic heterocycles. The zero-order chi connectivity index (χ0) is 24.9. The van der Waals surface area contributed by atoms with Crippen LogP contribution in [0.4, 0.5) is 0 Å². The third kappa shape index (κ3) is 6.12. The first kappa shape index (κ1) is 26.5. The number of phosphoric acid groups is 1. The van der Waals surface area contributed by atoms with E-state index in [9.17, 15) is 19.6 Å². The lowest BCUT2D eigenvalue weighted by atomic mass is 9.90. The van der Waals surface area contributed by atoms with Gasteiger partial charge >= 0.3 is 13.8 Å². The summed E-state index contributed by atoms with van der Waals surface area (Å²) < 4.78 is 27.7. The fourth-order valence-corrected chi connectivity index (χ4v) is 4.79. The first-order valence-corrected chi connectivity index (χ1v) is 13.1. The summed E-state index contributed by atoms with van der Waals surface area (Å²) in [5.74, 6) is -0.628. The van der Waals surface area contributed by atoms with E-state index in [0.29, 0.717) is 24.1 Å². The second kappa shape index (κ2) is 11.1. The van der Waals surface area contributed by atoms with Gasteiger partial charge in [0.25, 0.3) is 0 Å². The third-order valence-electron chi connectivity index (χ3n) is 6.13. The lowest BCUT2D eigenvalue weighted by Crippen LogP contribution is -2.29. The molecule has 1 aromatic rings. The van der Waals surface area contributed by atoms with Crippen molar-refractivity contribution < 1.29 is 43.4 Å². The van der Waals surface area contributed by atoms with E-state index in [1.165, 1.54) is 4.57 Å². The number of phosphoric ester groups is 1. The fourth-order valence-electron chi connectivity index (χ4n) is 4.42. The van der Waals surface area contributed by atoms with Gasteiger partial charge in [0.15, 0.2) is 5.60 Å². The highest BCUT2D eigenvalue weighted by Crippen LogP contribution is 2.58. The van der Waals surface area contributed by atoms with Crippen LogP contribution in [0.5, 0.6) is 11.8 Å². The second-order valence-corrected chi connectivity index (χ2v) is 10.1. The van der Waals surface area contributed by atoms with Gasteiger partial charge in [-0.2, -0.15) is 0 Å². The molecule has 2 aliphatic heterocycles. The molecule has 0 spiro atoms. The van der Waals surface area contributed by atoms with E-state index < -0.39 is 25.5 Å². The number of fused-ring (bicyclic) bond motifs is 5. The third-order valence-corrected chi connectivity index (χ3v) is 6.65. The van der Waals surface area contributed by atoms with Crippen LogP contribution < -0.4 is 0 Å². The molecule has 0 aliphatic carbocycles. The van der Waals surface area contributed by atoms with Crippen molar-refractivity contribution in [1.29, 1.82) is 0 Å². The minimum Gasteiger partial charge on any atom is -0.494 e. The number of hydrogen-bond donors (Lipinski definition) is 4. The predicted molar refractivity (Wildman–Crippen MR) is 123 cm³/mol. The Kier molecular flexibility index (Phi) is 8.65. The Balaban J connectivity index is 1.42. The van der Waals surface area contributed by atoms with E-state index in [1.807, 2.05) is 0 Å². The van der Waals surface area contributed by atoms with Crippen LogP contribution in [0.25, 0.3) is 0 Å². The van der Waals surface area contributed by atoms with E-state index in [1.54, 1.807) is 19.1 Å². The number of nitrogens with zero attached hydrogens (tertiary/aromatic N) is 1. The van der Waals surface area contributed by atoms with E-state index in [4.69, 9.17) is 19.3 Å². The van der Waals surface area contributed by atoms with Crippen LogP contribution in [0.3, 0.4) is 0 Å². The molecule has 10 nitrogen and oxygen atoms in total. The molecule has 190 valence electrons. The highest BCUT2D eigenvalue weighted by atomic mass is 31.2. The van der Waals surface area contributed by atoms with E-state index in [-0.39, 0.29) is 30.5 Å². The zero-order valence-electron chi connectivity index (χ0n) is 19.4. The highest BCUT2D eigenvalue weighted by Gasteiger charge is 2.53. The maximum absolute atomic E-state index is 11.8. The summed E-state index contributed by atoms with van der Waals surface area (Å²) in [6, 6.07) is 0. The topological polar surface area (TPSA) is 148 Å². The predicted octanol–water partition coefficient (Wildman–Crippen LogP) is 4.09. The monoisotopic (exact) mass is 499 g/mol. The average molecular weight is 499 g/mol.